The molecule has 0 fully saturated rings. The van der Waals surface area contributed by atoms with Crippen molar-refractivity contribution in [3.05, 3.63) is 57.6 Å². The number of carbonyl (C=O) groups excluding carboxylic acids is 1. The van der Waals surface area contributed by atoms with Gasteiger partial charge in [-0.05, 0) is 24.3 Å². The van der Waals surface area contributed by atoms with Crippen molar-refractivity contribution < 1.29 is 39.7 Å². The summed E-state index contributed by atoms with van der Waals surface area (Å²) in [6.07, 6.45) is 0. The number of benzene rings is 2. The van der Waals surface area contributed by atoms with Gasteiger partial charge in [-0.25, -0.2) is 16.8 Å². The fourth-order valence-electron chi connectivity index (χ4n) is 2.21. The summed E-state index contributed by atoms with van der Waals surface area (Å²) in [5, 5.41) is 12.5. The summed E-state index contributed by atoms with van der Waals surface area (Å²) >= 11 is 5.73. The predicted octanol–water partition coefficient (Wildman–Crippen LogP) is 2.95. The van der Waals surface area contributed by atoms with E-state index >= 15 is 0 Å². The topological polar surface area (TPSA) is 141 Å². The van der Waals surface area contributed by atoms with Crippen LogP contribution in [0.3, 0.4) is 0 Å². The van der Waals surface area contributed by atoms with E-state index in [4.69, 9.17) is 11.6 Å². The number of sulfone groups is 2. The normalized spacial score (nSPS) is 12.4. The van der Waals surface area contributed by atoms with Gasteiger partial charge in [0, 0.05) is 6.07 Å². The van der Waals surface area contributed by atoms with Gasteiger partial charge in [-0.15, -0.1) is 0 Å². The number of rotatable bonds is 6. The lowest BCUT2D eigenvalue weighted by molar-refractivity contribution is -0.387. The second kappa shape index (κ2) is 8.20. The molecule has 0 aliphatic heterocycles. The minimum Gasteiger partial charge on any atom is -0.324 e. The second-order valence-electron chi connectivity index (χ2n) is 5.62. The Balaban J connectivity index is 2.34. The molecule has 0 saturated heterocycles. The first-order valence-electron chi connectivity index (χ1n) is 7.54. The van der Waals surface area contributed by atoms with Crippen LogP contribution in [-0.4, -0.2) is 38.9 Å². The zero-order chi connectivity index (χ0) is 22.9. The highest BCUT2D eigenvalue weighted by Gasteiger charge is 2.47. The Labute approximate surface area is 172 Å². The van der Waals surface area contributed by atoms with Crippen molar-refractivity contribution in [1.29, 1.82) is 0 Å². The van der Waals surface area contributed by atoms with Crippen LogP contribution in [0.1, 0.15) is 0 Å². The molecule has 1 amide bonds. The standard InChI is InChI=1S/C15H10ClF3N2O7S2/c16-10-6-5-9(30(27,28)15(17,18)19)7-11(10)20-14(22)8-29(25,26)13-4-2-1-3-12(13)21(23)24/h1-7H,8H2,(H,20,22). The van der Waals surface area contributed by atoms with Crippen LogP contribution in [0.2, 0.25) is 5.02 Å². The van der Waals surface area contributed by atoms with Crippen molar-refractivity contribution in [3.8, 4) is 0 Å². The number of nitro benzene ring substituents is 1. The van der Waals surface area contributed by atoms with Crippen molar-refractivity contribution in [2.45, 2.75) is 15.3 Å². The third kappa shape index (κ3) is 4.88. The Kier molecular flexibility index (Phi) is 6.44. The molecule has 162 valence electrons. The van der Waals surface area contributed by atoms with E-state index in [-0.39, 0.29) is 5.02 Å². The first-order chi connectivity index (χ1) is 13.7. The molecule has 0 spiro atoms. The van der Waals surface area contributed by atoms with Gasteiger partial charge in [0.1, 0.15) is 10.6 Å². The maximum atomic E-state index is 12.7. The second-order valence-corrected chi connectivity index (χ2v) is 9.93. The van der Waals surface area contributed by atoms with E-state index in [0.717, 1.165) is 18.2 Å². The van der Waals surface area contributed by atoms with Crippen LogP contribution >= 0.6 is 11.6 Å². The Morgan fingerprint density at radius 2 is 1.70 bits per heavy atom. The molecule has 0 saturated carbocycles. The maximum Gasteiger partial charge on any atom is 0.501 e. The summed E-state index contributed by atoms with van der Waals surface area (Å²) in [4.78, 5) is 20.1. The number of para-hydroxylation sites is 1. The first kappa shape index (κ1) is 23.6. The van der Waals surface area contributed by atoms with E-state index in [2.05, 4.69) is 0 Å². The highest BCUT2D eigenvalue weighted by atomic mass is 35.5. The molecule has 0 heterocycles. The molecule has 0 atom stereocenters. The summed E-state index contributed by atoms with van der Waals surface area (Å²) in [5.41, 5.74) is -6.98. The summed E-state index contributed by atoms with van der Waals surface area (Å²) in [6, 6.07) is 5.97. The van der Waals surface area contributed by atoms with Gasteiger partial charge in [0.2, 0.25) is 5.91 Å². The van der Waals surface area contributed by atoms with Crippen LogP contribution in [0.5, 0.6) is 0 Å². The third-order valence-electron chi connectivity index (χ3n) is 3.55. The minimum atomic E-state index is -5.75. The molecule has 2 rings (SSSR count). The number of carbonyl (C=O) groups is 1. The van der Waals surface area contributed by atoms with E-state index in [9.17, 15) is 44.9 Å². The average Bonchev–Trinajstić information content (AvgIpc) is 2.62. The molecule has 30 heavy (non-hydrogen) atoms. The van der Waals surface area contributed by atoms with Crippen LogP contribution in [0.4, 0.5) is 24.5 Å². The first-order valence-corrected chi connectivity index (χ1v) is 11.0. The molecule has 0 aliphatic rings. The highest BCUT2D eigenvalue weighted by Crippen LogP contribution is 2.34. The predicted molar refractivity (Wildman–Crippen MR) is 98.5 cm³/mol. The Hall–Kier alpha value is -2.71. The van der Waals surface area contributed by atoms with Crippen LogP contribution < -0.4 is 5.32 Å². The average molecular weight is 487 g/mol. The van der Waals surface area contributed by atoms with Gasteiger partial charge in [-0.1, -0.05) is 23.7 Å². The van der Waals surface area contributed by atoms with Gasteiger partial charge in [-0.2, -0.15) is 13.2 Å². The largest absolute Gasteiger partial charge is 0.501 e. The van der Waals surface area contributed by atoms with Crippen LogP contribution in [0.25, 0.3) is 0 Å². The van der Waals surface area contributed by atoms with Gasteiger partial charge in [0.25, 0.3) is 15.5 Å². The molecule has 0 radical (unpaired) electrons. The zero-order valence-electron chi connectivity index (χ0n) is 14.4. The SMILES string of the molecule is O=C(CS(=O)(=O)c1ccccc1[N+](=O)[O-])Nc1cc(S(=O)(=O)C(F)(F)F)ccc1Cl. The lowest BCUT2D eigenvalue weighted by Crippen LogP contribution is -2.25. The van der Waals surface area contributed by atoms with Gasteiger partial charge in [0.15, 0.2) is 9.84 Å². The number of nitro groups is 1. The Bertz CT molecular complexity index is 1230. The van der Waals surface area contributed by atoms with E-state index in [1.807, 2.05) is 5.32 Å². The zero-order valence-corrected chi connectivity index (χ0v) is 16.8. The molecular weight excluding hydrogens is 477 g/mol. The summed E-state index contributed by atoms with van der Waals surface area (Å²) in [5.74, 6) is -2.62. The molecule has 15 heteroatoms. The van der Waals surface area contributed by atoms with Crippen molar-refractivity contribution in [3.63, 3.8) is 0 Å². The highest BCUT2D eigenvalue weighted by molar-refractivity contribution is 7.92. The summed E-state index contributed by atoms with van der Waals surface area (Å²) < 4.78 is 85.7. The van der Waals surface area contributed by atoms with Crippen molar-refractivity contribution in [2.24, 2.45) is 0 Å². The van der Waals surface area contributed by atoms with Gasteiger partial charge in [0.05, 0.1) is 20.5 Å². The third-order valence-corrected chi connectivity index (χ3v) is 7.02. The molecule has 2 aromatic rings. The van der Waals surface area contributed by atoms with Gasteiger partial charge in [-0.3, -0.25) is 14.9 Å². The van der Waals surface area contributed by atoms with Gasteiger partial charge >= 0.3 is 5.51 Å². The fraction of sp³-hybridized carbons (Fsp3) is 0.133. The number of halogens is 4. The molecule has 0 unspecified atom stereocenters. The number of hydrogen-bond donors (Lipinski definition) is 1. The number of amides is 1. The van der Waals surface area contributed by atoms with Crippen LogP contribution in [0.15, 0.2) is 52.3 Å². The van der Waals surface area contributed by atoms with Gasteiger partial charge < -0.3 is 5.32 Å². The molecular formula is C15H10ClF3N2O7S2. The quantitative estimate of drug-likeness (QED) is 0.488. The molecule has 0 aliphatic carbocycles. The van der Waals surface area contributed by atoms with E-state index in [0.29, 0.717) is 12.1 Å². The molecule has 0 aromatic heterocycles. The lowest BCUT2D eigenvalue weighted by Gasteiger charge is -2.12. The van der Waals surface area contributed by atoms with Crippen LogP contribution in [-0.2, 0) is 24.5 Å². The van der Waals surface area contributed by atoms with Crippen molar-refractivity contribution in [1.82, 2.24) is 0 Å². The monoisotopic (exact) mass is 486 g/mol. The summed E-state index contributed by atoms with van der Waals surface area (Å²) in [6.45, 7) is 0. The Morgan fingerprint density at radius 1 is 1.10 bits per heavy atom. The van der Waals surface area contributed by atoms with Crippen molar-refractivity contribution >= 4 is 48.6 Å². The maximum absolute atomic E-state index is 12.7. The fourth-order valence-corrected chi connectivity index (χ4v) is 4.48. The number of nitrogens with one attached hydrogen (secondary N) is 1. The number of hydrogen-bond acceptors (Lipinski definition) is 7. The van der Waals surface area contributed by atoms with E-state index < -0.39 is 62.9 Å². The lowest BCUT2D eigenvalue weighted by atomic mass is 10.3. The molecule has 0 bridgehead atoms. The van der Waals surface area contributed by atoms with E-state index in [1.165, 1.54) is 12.1 Å². The van der Waals surface area contributed by atoms with E-state index in [1.54, 1.807) is 0 Å². The number of alkyl halides is 3. The van der Waals surface area contributed by atoms with Crippen molar-refractivity contribution in [2.75, 3.05) is 11.1 Å². The smallest absolute Gasteiger partial charge is 0.324 e. The Morgan fingerprint density at radius 3 is 2.27 bits per heavy atom. The summed E-state index contributed by atoms with van der Waals surface area (Å²) in [7, 11) is -10.3. The molecule has 1 N–H and O–H groups in total. The molecule has 2 aromatic carbocycles. The number of nitrogens with zero attached hydrogens (tertiary/aromatic N) is 1. The minimum absolute atomic E-state index is 0.368. The number of anilines is 1. The molecule has 9 nitrogen and oxygen atoms in total. The van der Waals surface area contributed by atoms with Crippen LogP contribution in [0, 0.1) is 10.1 Å².